The number of hydrogen-bond acceptors (Lipinski definition) is 5. The Hall–Kier alpha value is -2.81. The molecule has 1 N–H and O–H groups in total. The van der Waals surface area contributed by atoms with Gasteiger partial charge in [0.25, 0.3) is 5.91 Å². The van der Waals surface area contributed by atoms with Crippen LogP contribution >= 0.6 is 11.3 Å². The summed E-state index contributed by atoms with van der Waals surface area (Å²) in [6.07, 6.45) is 1.54. The summed E-state index contributed by atoms with van der Waals surface area (Å²) in [4.78, 5) is 45.3. The van der Waals surface area contributed by atoms with E-state index in [0.29, 0.717) is 35.0 Å². The molecule has 29 heavy (non-hydrogen) atoms. The number of aromatic nitrogens is 1. The Bertz CT molecular complexity index is 926. The molecule has 2 heterocycles. The van der Waals surface area contributed by atoms with Gasteiger partial charge in [0.1, 0.15) is 16.7 Å². The first-order valence-electron chi connectivity index (χ1n) is 9.30. The number of halogens is 1. The van der Waals surface area contributed by atoms with Crippen LogP contribution in [0.15, 0.2) is 24.3 Å². The van der Waals surface area contributed by atoms with Crippen LogP contribution in [0.4, 0.5) is 9.52 Å². The number of anilines is 1. The van der Waals surface area contributed by atoms with E-state index in [2.05, 4.69) is 10.3 Å². The summed E-state index contributed by atoms with van der Waals surface area (Å²) in [6, 6.07) is 5.24. The second-order valence-electron chi connectivity index (χ2n) is 7.18. The summed E-state index contributed by atoms with van der Waals surface area (Å²) in [7, 11) is 3.31. The SMILES string of the molecule is Cc1nc(NC(=O)C2CCCC(=O)N2Cc2ccc(F)cc2)sc1C(=O)N(C)C. The van der Waals surface area contributed by atoms with Crippen LogP contribution < -0.4 is 5.32 Å². The molecule has 1 aliphatic heterocycles. The Labute approximate surface area is 172 Å². The number of carbonyl (C=O) groups is 3. The second-order valence-corrected chi connectivity index (χ2v) is 8.18. The fraction of sp³-hybridized carbons (Fsp3) is 0.400. The largest absolute Gasteiger partial charge is 0.344 e. The Balaban J connectivity index is 1.75. The number of rotatable bonds is 5. The highest BCUT2D eigenvalue weighted by Gasteiger charge is 2.34. The van der Waals surface area contributed by atoms with Gasteiger partial charge in [0.15, 0.2) is 5.13 Å². The van der Waals surface area contributed by atoms with E-state index in [4.69, 9.17) is 0 Å². The second kappa shape index (κ2) is 8.69. The van der Waals surface area contributed by atoms with Gasteiger partial charge in [-0.1, -0.05) is 23.5 Å². The smallest absolute Gasteiger partial charge is 0.265 e. The lowest BCUT2D eigenvalue weighted by Crippen LogP contribution is -2.49. The van der Waals surface area contributed by atoms with Crippen molar-refractivity contribution in [2.45, 2.75) is 38.8 Å². The lowest BCUT2D eigenvalue weighted by Gasteiger charge is -2.34. The van der Waals surface area contributed by atoms with Gasteiger partial charge in [0.2, 0.25) is 11.8 Å². The van der Waals surface area contributed by atoms with E-state index >= 15 is 0 Å². The van der Waals surface area contributed by atoms with E-state index in [-0.39, 0.29) is 30.1 Å². The number of nitrogens with one attached hydrogen (secondary N) is 1. The minimum atomic E-state index is -0.640. The molecule has 1 aliphatic rings. The van der Waals surface area contributed by atoms with Gasteiger partial charge in [-0.15, -0.1) is 0 Å². The zero-order chi connectivity index (χ0) is 21.1. The number of benzene rings is 1. The van der Waals surface area contributed by atoms with Crippen LogP contribution in [-0.2, 0) is 16.1 Å². The average molecular weight is 418 g/mol. The fourth-order valence-electron chi connectivity index (χ4n) is 3.22. The van der Waals surface area contributed by atoms with E-state index in [0.717, 1.165) is 16.9 Å². The van der Waals surface area contributed by atoms with Crippen molar-refractivity contribution in [1.82, 2.24) is 14.8 Å². The van der Waals surface area contributed by atoms with Crippen molar-refractivity contribution < 1.29 is 18.8 Å². The third-order valence-electron chi connectivity index (χ3n) is 4.76. The van der Waals surface area contributed by atoms with Crippen molar-refractivity contribution in [1.29, 1.82) is 0 Å². The minimum Gasteiger partial charge on any atom is -0.344 e. The third kappa shape index (κ3) is 4.79. The molecule has 1 fully saturated rings. The molecular weight excluding hydrogens is 395 g/mol. The maximum Gasteiger partial charge on any atom is 0.265 e. The Kier molecular flexibility index (Phi) is 6.26. The first-order valence-corrected chi connectivity index (χ1v) is 10.1. The van der Waals surface area contributed by atoms with Crippen molar-refractivity contribution in [2.24, 2.45) is 0 Å². The van der Waals surface area contributed by atoms with Gasteiger partial charge in [-0.05, 0) is 37.5 Å². The number of piperidine rings is 1. The van der Waals surface area contributed by atoms with Crippen molar-refractivity contribution in [2.75, 3.05) is 19.4 Å². The topological polar surface area (TPSA) is 82.6 Å². The number of carbonyl (C=O) groups excluding carboxylic acids is 3. The summed E-state index contributed by atoms with van der Waals surface area (Å²) in [5.74, 6) is -0.973. The minimum absolute atomic E-state index is 0.112. The van der Waals surface area contributed by atoms with E-state index in [9.17, 15) is 18.8 Å². The summed E-state index contributed by atoms with van der Waals surface area (Å²) in [5.41, 5.74) is 1.30. The molecule has 7 nitrogen and oxygen atoms in total. The van der Waals surface area contributed by atoms with Gasteiger partial charge >= 0.3 is 0 Å². The average Bonchev–Trinajstić information content (AvgIpc) is 3.04. The van der Waals surface area contributed by atoms with Crippen molar-refractivity contribution in [3.8, 4) is 0 Å². The van der Waals surface area contributed by atoms with Crippen LogP contribution in [0, 0.1) is 12.7 Å². The summed E-state index contributed by atoms with van der Waals surface area (Å²) in [6.45, 7) is 1.95. The predicted molar refractivity (Wildman–Crippen MR) is 108 cm³/mol. The molecule has 9 heteroatoms. The zero-order valence-electron chi connectivity index (χ0n) is 16.6. The fourth-order valence-corrected chi connectivity index (χ4v) is 4.21. The molecule has 0 saturated carbocycles. The van der Waals surface area contributed by atoms with Crippen molar-refractivity contribution in [3.05, 3.63) is 46.2 Å². The number of aryl methyl sites for hydroxylation is 1. The number of thiazole rings is 1. The molecule has 1 aromatic carbocycles. The van der Waals surface area contributed by atoms with Gasteiger partial charge in [-0.2, -0.15) is 0 Å². The molecule has 0 radical (unpaired) electrons. The van der Waals surface area contributed by atoms with Gasteiger partial charge in [0.05, 0.1) is 5.69 Å². The van der Waals surface area contributed by atoms with Gasteiger partial charge in [-0.25, -0.2) is 9.37 Å². The van der Waals surface area contributed by atoms with E-state index in [1.165, 1.54) is 21.9 Å². The molecule has 2 aromatic rings. The van der Waals surface area contributed by atoms with E-state index < -0.39 is 6.04 Å². The Morgan fingerprint density at radius 1 is 1.31 bits per heavy atom. The maximum absolute atomic E-state index is 13.2. The molecule has 0 bridgehead atoms. The van der Waals surface area contributed by atoms with Crippen LogP contribution in [-0.4, -0.2) is 52.6 Å². The molecule has 1 saturated heterocycles. The van der Waals surface area contributed by atoms with E-state index in [1.807, 2.05) is 0 Å². The number of hydrogen-bond donors (Lipinski definition) is 1. The number of nitrogens with zero attached hydrogens (tertiary/aromatic N) is 3. The first kappa shape index (κ1) is 20.9. The van der Waals surface area contributed by atoms with Crippen LogP contribution in [0.3, 0.4) is 0 Å². The third-order valence-corrected chi connectivity index (χ3v) is 5.82. The van der Waals surface area contributed by atoms with Crippen molar-refractivity contribution >= 4 is 34.2 Å². The monoisotopic (exact) mass is 418 g/mol. The highest BCUT2D eigenvalue weighted by atomic mass is 32.1. The van der Waals surface area contributed by atoms with Gasteiger partial charge in [-0.3, -0.25) is 14.4 Å². The van der Waals surface area contributed by atoms with Gasteiger partial charge in [0, 0.05) is 27.1 Å². The summed E-state index contributed by atoms with van der Waals surface area (Å²) < 4.78 is 13.2. The summed E-state index contributed by atoms with van der Waals surface area (Å²) >= 11 is 1.12. The zero-order valence-corrected chi connectivity index (χ0v) is 17.4. The highest BCUT2D eigenvalue weighted by Crippen LogP contribution is 2.26. The quantitative estimate of drug-likeness (QED) is 0.810. The Morgan fingerprint density at radius 3 is 2.66 bits per heavy atom. The Morgan fingerprint density at radius 2 is 2.00 bits per heavy atom. The lowest BCUT2D eigenvalue weighted by molar-refractivity contribution is -0.142. The molecule has 3 amide bonds. The van der Waals surface area contributed by atoms with Crippen LogP contribution in [0.5, 0.6) is 0 Å². The lowest BCUT2D eigenvalue weighted by atomic mass is 9.99. The molecule has 1 atom stereocenters. The molecular formula is C20H23FN4O3S. The van der Waals surface area contributed by atoms with Crippen LogP contribution in [0.25, 0.3) is 0 Å². The van der Waals surface area contributed by atoms with Crippen molar-refractivity contribution in [3.63, 3.8) is 0 Å². The number of likely N-dealkylation sites (tertiary alicyclic amines) is 1. The van der Waals surface area contributed by atoms with Crippen LogP contribution in [0.1, 0.15) is 40.2 Å². The molecule has 1 unspecified atom stereocenters. The van der Waals surface area contributed by atoms with Gasteiger partial charge < -0.3 is 15.1 Å². The predicted octanol–water partition coefficient (Wildman–Crippen LogP) is 2.81. The maximum atomic E-state index is 13.2. The number of amides is 3. The molecule has 1 aromatic heterocycles. The summed E-state index contributed by atoms with van der Waals surface area (Å²) in [5, 5.41) is 3.09. The molecule has 3 rings (SSSR count). The molecule has 0 spiro atoms. The first-order chi connectivity index (χ1) is 13.8. The molecule has 0 aliphatic carbocycles. The highest BCUT2D eigenvalue weighted by molar-refractivity contribution is 7.17. The van der Waals surface area contributed by atoms with E-state index in [1.54, 1.807) is 33.2 Å². The molecule has 154 valence electrons. The normalized spacial score (nSPS) is 16.6. The van der Waals surface area contributed by atoms with Crippen LogP contribution in [0.2, 0.25) is 0 Å². The standard InChI is InChI=1S/C20H23FN4O3S/c1-12-17(19(28)24(2)3)29-20(22-12)23-18(27)15-5-4-6-16(26)25(15)11-13-7-9-14(21)10-8-13/h7-10,15H,4-6,11H2,1-3H3,(H,22,23,27).